The fraction of sp³-hybridized carbons (Fsp3) is 0. The number of rotatable bonds is 1. The Labute approximate surface area is 85.0 Å². The van der Waals surface area contributed by atoms with E-state index in [9.17, 15) is 0 Å². The first-order valence-electron chi connectivity index (χ1n) is 3.67. The van der Waals surface area contributed by atoms with Gasteiger partial charge < -0.3 is 0 Å². The first-order valence-corrected chi connectivity index (χ1v) is 4.46. The van der Waals surface area contributed by atoms with E-state index in [0.29, 0.717) is 10.1 Å². The van der Waals surface area contributed by atoms with Gasteiger partial charge in [-0.25, -0.2) is 0 Å². The molecule has 0 amide bonds. The number of aromatic amines is 1. The smallest absolute Gasteiger partial charge is 0.228 e. The molecule has 13 heavy (non-hydrogen) atoms. The number of benzene rings is 1. The predicted octanol–water partition coefficient (Wildman–Crippen LogP) is 2.58. The number of hydrogen-bond donors (Lipinski definition) is 1. The van der Waals surface area contributed by atoms with Crippen LogP contribution in [0, 0.1) is 4.77 Å². The summed E-state index contributed by atoms with van der Waals surface area (Å²) in [5.74, 6) is 0. The van der Waals surface area contributed by atoms with E-state index in [1.807, 2.05) is 30.3 Å². The molecule has 0 unspecified atom stereocenters. The molecule has 2 rings (SSSR count). The predicted molar refractivity (Wildman–Crippen MR) is 53.8 cm³/mol. The molecule has 3 nitrogen and oxygen atoms in total. The largest absolute Gasteiger partial charge is 0.259 e. The summed E-state index contributed by atoms with van der Waals surface area (Å²) in [6.07, 6.45) is 0. The van der Waals surface area contributed by atoms with Gasteiger partial charge in [-0.2, -0.15) is 0 Å². The van der Waals surface area contributed by atoms with Crippen LogP contribution in [0.25, 0.3) is 5.69 Å². The van der Waals surface area contributed by atoms with Crippen LogP contribution in [0.5, 0.6) is 0 Å². The Morgan fingerprint density at radius 1 is 1.31 bits per heavy atom. The summed E-state index contributed by atoms with van der Waals surface area (Å²) in [5, 5.41) is 6.77. The second kappa shape index (κ2) is 3.32. The van der Waals surface area contributed by atoms with Crippen LogP contribution in [0.1, 0.15) is 0 Å². The van der Waals surface area contributed by atoms with Gasteiger partial charge in [-0.15, -0.1) is 5.10 Å². The number of nitrogens with zero attached hydrogens (tertiary/aromatic N) is 2. The van der Waals surface area contributed by atoms with E-state index < -0.39 is 0 Å². The maximum atomic E-state index is 5.83. The molecule has 1 heterocycles. The Balaban J connectivity index is 2.65. The van der Waals surface area contributed by atoms with Crippen molar-refractivity contribution >= 4 is 23.8 Å². The molecule has 5 heteroatoms. The summed E-state index contributed by atoms with van der Waals surface area (Å²) < 4.78 is 2.16. The topological polar surface area (TPSA) is 33.6 Å². The maximum Gasteiger partial charge on any atom is 0.228 e. The van der Waals surface area contributed by atoms with Gasteiger partial charge in [-0.05, 0) is 36.0 Å². The Bertz CT molecular complexity index is 460. The summed E-state index contributed by atoms with van der Waals surface area (Å²) in [7, 11) is 0. The van der Waals surface area contributed by atoms with Crippen LogP contribution >= 0.6 is 23.8 Å². The molecule has 0 radical (unpaired) electrons. The van der Waals surface area contributed by atoms with Gasteiger partial charge in [0, 0.05) is 0 Å². The Morgan fingerprint density at radius 3 is 2.54 bits per heavy atom. The van der Waals surface area contributed by atoms with Crippen LogP contribution < -0.4 is 0 Å². The molecule has 1 aromatic heterocycles. The van der Waals surface area contributed by atoms with E-state index in [4.69, 9.17) is 23.8 Å². The van der Waals surface area contributed by atoms with Crippen molar-refractivity contribution in [2.24, 2.45) is 0 Å². The number of para-hydroxylation sites is 1. The number of nitrogens with one attached hydrogen (secondary N) is 1. The second-order valence-electron chi connectivity index (χ2n) is 2.47. The molecule has 0 aliphatic carbocycles. The van der Waals surface area contributed by atoms with Gasteiger partial charge in [0.25, 0.3) is 0 Å². The third-order valence-corrected chi connectivity index (χ3v) is 2.17. The van der Waals surface area contributed by atoms with E-state index in [1.54, 1.807) is 4.57 Å². The lowest BCUT2D eigenvalue weighted by Crippen LogP contribution is -1.92. The second-order valence-corrected chi connectivity index (χ2v) is 3.19. The van der Waals surface area contributed by atoms with Crippen LogP contribution in [0.4, 0.5) is 0 Å². The van der Waals surface area contributed by atoms with Crippen LogP contribution in [0.3, 0.4) is 0 Å². The lowest BCUT2D eigenvalue weighted by Gasteiger charge is -2.00. The maximum absolute atomic E-state index is 5.83. The van der Waals surface area contributed by atoms with Crippen molar-refractivity contribution in [3.05, 3.63) is 40.4 Å². The average Bonchev–Trinajstić information content (AvgIpc) is 2.48. The van der Waals surface area contributed by atoms with Crippen LogP contribution in [0.2, 0.25) is 5.28 Å². The molecule has 0 atom stereocenters. The van der Waals surface area contributed by atoms with Gasteiger partial charge in [0.15, 0.2) is 0 Å². The minimum atomic E-state index is 0.344. The minimum absolute atomic E-state index is 0.344. The zero-order chi connectivity index (χ0) is 9.26. The van der Waals surface area contributed by atoms with Crippen molar-refractivity contribution < 1.29 is 0 Å². The van der Waals surface area contributed by atoms with E-state index in [1.165, 1.54) is 0 Å². The van der Waals surface area contributed by atoms with Gasteiger partial charge in [-0.1, -0.05) is 18.2 Å². The lowest BCUT2D eigenvalue weighted by atomic mass is 10.3. The van der Waals surface area contributed by atoms with Crippen LogP contribution in [-0.2, 0) is 0 Å². The van der Waals surface area contributed by atoms with Crippen LogP contribution in [-0.4, -0.2) is 14.8 Å². The van der Waals surface area contributed by atoms with Gasteiger partial charge in [0.05, 0.1) is 5.69 Å². The van der Waals surface area contributed by atoms with Crippen molar-refractivity contribution in [3.8, 4) is 5.69 Å². The van der Waals surface area contributed by atoms with Crippen molar-refractivity contribution in [2.45, 2.75) is 0 Å². The fourth-order valence-electron chi connectivity index (χ4n) is 1.08. The molecule has 0 aliphatic rings. The standard InChI is InChI=1S/C8H6ClN3S/c9-7-10-11-8(13)12(7)6-4-2-1-3-5-6/h1-5H,(H,11,13). The average molecular weight is 212 g/mol. The van der Waals surface area contributed by atoms with Crippen LogP contribution in [0.15, 0.2) is 30.3 Å². The third kappa shape index (κ3) is 1.50. The zero-order valence-corrected chi connectivity index (χ0v) is 8.14. The summed E-state index contributed by atoms with van der Waals surface area (Å²) >= 11 is 10.8. The van der Waals surface area contributed by atoms with Crippen molar-refractivity contribution in [3.63, 3.8) is 0 Å². The Morgan fingerprint density at radius 2 is 2.00 bits per heavy atom. The number of halogens is 1. The van der Waals surface area contributed by atoms with Crippen molar-refractivity contribution in [1.82, 2.24) is 14.8 Å². The number of aromatic nitrogens is 3. The quantitative estimate of drug-likeness (QED) is 0.736. The molecule has 0 fully saturated rings. The van der Waals surface area contributed by atoms with Gasteiger partial charge in [0.1, 0.15) is 0 Å². The number of H-pyrrole nitrogens is 1. The SMILES string of the molecule is S=c1[nH]nc(Cl)n1-c1ccccc1. The molecule has 0 saturated carbocycles. The normalized spacial score (nSPS) is 10.2. The lowest BCUT2D eigenvalue weighted by molar-refractivity contribution is 1.03. The summed E-state index contributed by atoms with van der Waals surface area (Å²) in [6, 6.07) is 9.59. The fourth-order valence-corrected chi connectivity index (χ4v) is 1.59. The highest BCUT2D eigenvalue weighted by atomic mass is 35.5. The summed E-state index contributed by atoms with van der Waals surface area (Å²) in [6.45, 7) is 0. The highest BCUT2D eigenvalue weighted by Gasteiger charge is 2.03. The van der Waals surface area contributed by atoms with Crippen molar-refractivity contribution in [2.75, 3.05) is 0 Å². The summed E-state index contributed by atoms with van der Waals surface area (Å²) in [5.41, 5.74) is 0.909. The number of hydrogen-bond acceptors (Lipinski definition) is 2. The zero-order valence-electron chi connectivity index (χ0n) is 6.57. The molecule has 0 saturated heterocycles. The van der Waals surface area contributed by atoms with Gasteiger partial charge in [-0.3, -0.25) is 9.67 Å². The monoisotopic (exact) mass is 211 g/mol. The Hall–Kier alpha value is -1.13. The van der Waals surface area contributed by atoms with E-state index in [-0.39, 0.29) is 0 Å². The molecule has 66 valence electrons. The molecule has 2 aromatic rings. The van der Waals surface area contributed by atoms with E-state index >= 15 is 0 Å². The molecule has 1 N–H and O–H groups in total. The first-order chi connectivity index (χ1) is 6.29. The molecular formula is C8H6ClN3S. The van der Waals surface area contributed by atoms with E-state index in [0.717, 1.165) is 5.69 Å². The summed E-state index contributed by atoms with van der Waals surface area (Å²) in [4.78, 5) is 0. The minimum Gasteiger partial charge on any atom is -0.259 e. The highest BCUT2D eigenvalue weighted by Crippen LogP contribution is 2.13. The van der Waals surface area contributed by atoms with Crippen molar-refractivity contribution in [1.29, 1.82) is 0 Å². The first kappa shape index (κ1) is 8.47. The van der Waals surface area contributed by atoms with Gasteiger partial charge >= 0.3 is 0 Å². The molecule has 1 aromatic carbocycles. The Kier molecular flexibility index (Phi) is 2.16. The van der Waals surface area contributed by atoms with E-state index in [2.05, 4.69) is 10.2 Å². The third-order valence-electron chi connectivity index (χ3n) is 1.65. The molecule has 0 aliphatic heterocycles. The highest BCUT2D eigenvalue weighted by molar-refractivity contribution is 7.71. The molecule has 0 bridgehead atoms. The molecular weight excluding hydrogens is 206 g/mol. The van der Waals surface area contributed by atoms with Gasteiger partial charge in [0.2, 0.25) is 10.1 Å². The molecule has 0 spiro atoms.